The Labute approximate surface area is 132 Å². The summed E-state index contributed by atoms with van der Waals surface area (Å²) in [5, 5.41) is 0. The molecular formula is C18H27N3O. The molecule has 120 valence electrons. The summed E-state index contributed by atoms with van der Waals surface area (Å²) in [6, 6.07) is 6.08. The first-order valence-electron chi connectivity index (χ1n) is 8.25. The highest BCUT2D eigenvalue weighted by Crippen LogP contribution is 2.27. The van der Waals surface area contributed by atoms with Crippen LogP contribution in [0.2, 0.25) is 0 Å². The standard InChI is InChI=1S/C18H27N3O/c1-18(2,3)11-17-20-15-10-14(19)4-5-16(15)21(17)12-13-6-8-22-9-7-13/h4-5,10,13H,6-9,11-12,19H2,1-3H3. The van der Waals surface area contributed by atoms with Gasteiger partial charge in [-0.2, -0.15) is 0 Å². The molecule has 1 fully saturated rings. The largest absolute Gasteiger partial charge is 0.399 e. The molecule has 0 amide bonds. The van der Waals surface area contributed by atoms with Crippen LogP contribution in [0.25, 0.3) is 11.0 Å². The monoisotopic (exact) mass is 301 g/mol. The Morgan fingerprint density at radius 1 is 1.27 bits per heavy atom. The van der Waals surface area contributed by atoms with Gasteiger partial charge in [-0.3, -0.25) is 0 Å². The minimum Gasteiger partial charge on any atom is -0.399 e. The van der Waals surface area contributed by atoms with E-state index in [1.165, 1.54) is 11.3 Å². The van der Waals surface area contributed by atoms with Gasteiger partial charge in [0, 0.05) is 31.9 Å². The van der Waals surface area contributed by atoms with Gasteiger partial charge in [-0.05, 0) is 42.4 Å². The van der Waals surface area contributed by atoms with Crippen LogP contribution in [0.15, 0.2) is 18.2 Å². The molecular weight excluding hydrogens is 274 g/mol. The average molecular weight is 301 g/mol. The highest BCUT2D eigenvalue weighted by molar-refractivity contribution is 5.79. The molecule has 22 heavy (non-hydrogen) atoms. The van der Waals surface area contributed by atoms with Crippen molar-refractivity contribution in [3.05, 3.63) is 24.0 Å². The van der Waals surface area contributed by atoms with Crippen molar-refractivity contribution < 1.29 is 4.74 Å². The number of aromatic nitrogens is 2. The number of imidazole rings is 1. The first kappa shape index (κ1) is 15.3. The Hall–Kier alpha value is -1.55. The van der Waals surface area contributed by atoms with Gasteiger partial charge in [0.1, 0.15) is 5.82 Å². The Kier molecular flexibility index (Phi) is 4.13. The van der Waals surface area contributed by atoms with Gasteiger partial charge in [0.05, 0.1) is 11.0 Å². The number of anilines is 1. The second-order valence-electron chi connectivity index (χ2n) is 7.68. The van der Waals surface area contributed by atoms with Crippen LogP contribution in [-0.4, -0.2) is 22.8 Å². The van der Waals surface area contributed by atoms with E-state index >= 15 is 0 Å². The molecule has 1 aromatic heterocycles. The third-order valence-electron chi connectivity index (χ3n) is 4.32. The van der Waals surface area contributed by atoms with Gasteiger partial charge in [0.15, 0.2) is 0 Å². The summed E-state index contributed by atoms with van der Waals surface area (Å²) >= 11 is 0. The molecule has 0 spiro atoms. The number of hydrogen-bond donors (Lipinski definition) is 1. The normalized spacial score (nSPS) is 17.2. The van der Waals surface area contributed by atoms with Gasteiger partial charge in [-0.15, -0.1) is 0 Å². The quantitative estimate of drug-likeness (QED) is 0.881. The van der Waals surface area contributed by atoms with Crippen molar-refractivity contribution in [2.75, 3.05) is 18.9 Å². The third kappa shape index (κ3) is 3.43. The van der Waals surface area contributed by atoms with E-state index in [0.717, 1.165) is 50.2 Å². The molecule has 0 bridgehead atoms. The molecule has 0 unspecified atom stereocenters. The zero-order valence-electron chi connectivity index (χ0n) is 13.9. The molecule has 1 saturated heterocycles. The second kappa shape index (κ2) is 5.92. The van der Waals surface area contributed by atoms with Crippen LogP contribution in [-0.2, 0) is 17.7 Å². The first-order valence-corrected chi connectivity index (χ1v) is 8.25. The van der Waals surface area contributed by atoms with Gasteiger partial charge in [0.25, 0.3) is 0 Å². The van der Waals surface area contributed by atoms with Crippen molar-refractivity contribution >= 4 is 16.7 Å². The van der Waals surface area contributed by atoms with Crippen LogP contribution in [0.4, 0.5) is 5.69 Å². The van der Waals surface area contributed by atoms with E-state index in [4.69, 9.17) is 15.5 Å². The SMILES string of the molecule is CC(C)(C)Cc1nc2cc(N)ccc2n1CC1CCOCC1. The van der Waals surface area contributed by atoms with Gasteiger partial charge in [-0.1, -0.05) is 20.8 Å². The lowest BCUT2D eigenvalue weighted by Crippen LogP contribution is -2.22. The Morgan fingerprint density at radius 2 is 2.00 bits per heavy atom. The highest BCUT2D eigenvalue weighted by atomic mass is 16.5. The number of nitrogens with zero attached hydrogens (tertiary/aromatic N) is 2. The highest BCUT2D eigenvalue weighted by Gasteiger charge is 2.21. The summed E-state index contributed by atoms with van der Waals surface area (Å²) in [6.07, 6.45) is 3.26. The summed E-state index contributed by atoms with van der Waals surface area (Å²) in [4.78, 5) is 4.88. The van der Waals surface area contributed by atoms with E-state index in [-0.39, 0.29) is 5.41 Å². The number of fused-ring (bicyclic) bond motifs is 1. The first-order chi connectivity index (χ1) is 10.4. The maximum Gasteiger partial charge on any atom is 0.110 e. The fourth-order valence-electron chi connectivity index (χ4n) is 3.20. The lowest BCUT2D eigenvalue weighted by atomic mass is 9.91. The lowest BCUT2D eigenvalue weighted by molar-refractivity contribution is 0.0612. The fraction of sp³-hybridized carbons (Fsp3) is 0.611. The van der Waals surface area contributed by atoms with Gasteiger partial charge in [0.2, 0.25) is 0 Å². The van der Waals surface area contributed by atoms with Crippen LogP contribution >= 0.6 is 0 Å². The van der Waals surface area contributed by atoms with Crippen LogP contribution < -0.4 is 5.73 Å². The molecule has 4 heteroatoms. The van der Waals surface area contributed by atoms with Crippen molar-refractivity contribution in [3.8, 4) is 0 Å². The number of rotatable bonds is 3. The summed E-state index contributed by atoms with van der Waals surface area (Å²) in [5.41, 5.74) is 9.16. The topological polar surface area (TPSA) is 53.1 Å². The molecule has 0 radical (unpaired) electrons. The number of nitrogen functional groups attached to an aromatic ring is 1. The van der Waals surface area contributed by atoms with E-state index in [2.05, 4.69) is 31.4 Å². The smallest absolute Gasteiger partial charge is 0.110 e. The van der Waals surface area contributed by atoms with Crippen LogP contribution in [0.1, 0.15) is 39.4 Å². The number of nitrogens with two attached hydrogens (primary N) is 1. The predicted octanol–water partition coefficient (Wildman–Crippen LogP) is 3.63. The fourth-order valence-corrected chi connectivity index (χ4v) is 3.20. The molecule has 1 aliphatic heterocycles. The van der Waals surface area contributed by atoms with Crippen LogP contribution in [0.3, 0.4) is 0 Å². The number of hydrogen-bond acceptors (Lipinski definition) is 3. The zero-order valence-corrected chi connectivity index (χ0v) is 13.9. The molecule has 0 atom stereocenters. The summed E-state index contributed by atoms with van der Waals surface area (Å²) in [7, 11) is 0. The number of benzene rings is 1. The van der Waals surface area contributed by atoms with Crippen molar-refractivity contribution in [2.45, 2.75) is 46.6 Å². The molecule has 4 nitrogen and oxygen atoms in total. The van der Waals surface area contributed by atoms with Crippen molar-refractivity contribution in [1.82, 2.24) is 9.55 Å². The lowest BCUT2D eigenvalue weighted by Gasteiger charge is -2.25. The molecule has 1 aromatic carbocycles. The number of ether oxygens (including phenoxy) is 1. The third-order valence-corrected chi connectivity index (χ3v) is 4.32. The van der Waals surface area contributed by atoms with E-state index in [9.17, 15) is 0 Å². The Balaban J connectivity index is 1.97. The maximum absolute atomic E-state index is 5.93. The van der Waals surface area contributed by atoms with Gasteiger partial charge in [-0.25, -0.2) is 4.98 Å². The van der Waals surface area contributed by atoms with E-state index < -0.39 is 0 Å². The Bertz CT molecular complexity index is 648. The van der Waals surface area contributed by atoms with Crippen LogP contribution in [0.5, 0.6) is 0 Å². The molecule has 3 rings (SSSR count). The molecule has 1 aliphatic rings. The van der Waals surface area contributed by atoms with Crippen molar-refractivity contribution in [2.24, 2.45) is 11.3 Å². The van der Waals surface area contributed by atoms with Crippen molar-refractivity contribution in [1.29, 1.82) is 0 Å². The van der Waals surface area contributed by atoms with E-state index in [1.54, 1.807) is 0 Å². The van der Waals surface area contributed by atoms with Gasteiger partial charge >= 0.3 is 0 Å². The Morgan fingerprint density at radius 3 is 2.68 bits per heavy atom. The van der Waals surface area contributed by atoms with Gasteiger partial charge < -0.3 is 15.0 Å². The van der Waals surface area contributed by atoms with Crippen molar-refractivity contribution in [3.63, 3.8) is 0 Å². The second-order valence-corrected chi connectivity index (χ2v) is 7.68. The van der Waals surface area contributed by atoms with Crippen LogP contribution in [0, 0.1) is 11.3 Å². The summed E-state index contributed by atoms with van der Waals surface area (Å²) < 4.78 is 7.90. The maximum atomic E-state index is 5.93. The zero-order chi connectivity index (χ0) is 15.7. The molecule has 0 aliphatic carbocycles. The minimum absolute atomic E-state index is 0.223. The molecule has 2 N–H and O–H groups in total. The average Bonchev–Trinajstić information content (AvgIpc) is 2.75. The molecule has 2 heterocycles. The molecule has 0 saturated carbocycles. The molecule has 2 aromatic rings. The summed E-state index contributed by atoms with van der Waals surface area (Å²) in [5.74, 6) is 1.86. The van der Waals surface area contributed by atoms with E-state index in [1.807, 2.05) is 12.1 Å². The van der Waals surface area contributed by atoms with E-state index in [0.29, 0.717) is 5.92 Å². The summed E-state index contributed by atoms with van der Waals surface area (Å²) in [6.45, 7) is 9.60. The minimum atomic E-state index is 0.223. The predicted molar refractivity (Wildman–Crippen MR) is 90.8 cm³/mol.